The molecule has 126 valence electrons. The molecule has 1 unspecified atom stereocenters. The fourth-order valence-electron chi connectivity index (χ4n) is 2.81. The van der Waals surface area contributed by atoms with Crippen molar-refractivity contribution < 1.29 is 9.59 Å². The molecule has 0 bridgehead atoms. The van der Waals surface area contributed by atoms with Gasteiger partial charge in [0.2, 0.25) is 5.91 Å². The fourth-order valence-corrected chi connectivity index (χ4v) is 2.81. The summed E-state index contributed by atoms with van der Waals surface area (Å²) in [7, 11) is 0. The maximum atomic E-state index is 12.7. The van der Waals surface area contributed by atoms with Crippen LogP contribution in [0.5, 0.6) is 0 Å². The molecule has 1 aliphatic rings. The number of aromatic nitrogens is 1. The van der Waals surface area contributed by atoms with Gasteiger partial charge >= 0.3 is 0 Å². The summed E-state index contributed by atoms with van der Waals surface area (Å²) in [5.74, 6) is 0.249. The third-order valence-corrected chi connectivity index (χ3v) is 4.39. The lowest BCUT2D eigenvalue weighted by Crippen LogP contribution is -2.53. The third kappa shape index (κ3) is 4.18. The molecule has 1 heterocycles. The third-order valence-electron chi connectivity index (χ3n) is 4.39. The minimum absolute atomic E-state index is 0.0172. The molecule has 0 aliphatic heterocycles. The van der Waals surface area contributed by atoms with Gasteiger partial charge in [-0.1, -0.05) is 47.6 Å². The van der Waals surface area contributed by atoms with Gasteiger partial charge in [0.05, 0.1) is 6.04 Å². The minimum atomic E-state index is -0.475. The second-order valence-electron chi connectivity index (χ2n) is 8.66. The molecular formula is C19H28N2O2. The molecule has 3 atom stereocenters. The first kappa shape index (κ1) is 17.6. The van der Waals surface area contributed by atoms with E-state index in [2.05, 4.69) is 10.3 Å². The summed E-state index contributed by atoms with van der Waals surface area (Å²) in [6, 6.07) is 3.43. The first-order valence-electron chi connectivity index (χ1n) is 8.26. The summed E-state index contributed by atoms with van der Waals surface area (Å²) in [5, 5.41) is 3.02. The van der Waals surface area contributed by atoms with Crippen molar-refractivity contribution >= 4 is 11.7 Å². The van der Waals surface area contributed by atoms with Crippen LogP contribution in [-0.4, -0.2) is 22.7 Å². The van der Waals surface area contributed by atoms with Crippen molar-refractivity contribution in [2.75, 3.05) is 0 Å². The number of hydrogen-bond acceptors (Lipinski definition) is 3. The van der Waals surface area contributed by atoms with E-state index in [9.17, 15) is 9.59 Å². The molecule has 4 nitrogen and oxygen atoms in total. The highest BCUT2D eigenvalue weighted by atomic mass is 16.2. The van der Waals surface area contributed by atoms with Gasteiger partial charge in [0.15, 0.2) is 5.78 Å². The highest BCUT2D eigenvalue weighted by Gasteiger charge is 2.47. The molecule has 4 heteroatoms. The summed E-state index contributed by atoms with van der Waals surface area (Å²) in [6.07, 6.45) is 4.39. The number of pyridine rings is 1. The van der Waals surface area contributed by atoms with Gasteiger partial charge in [-0.3, -0.25) is 14.6 Å². The molecular weight excluding hydrogens is 288 g/mol. The van der Waals surface area contributed by atoms with E-state index in [0.717, 1.165) is 12.0 Å². The Labute approximate surface area is 139 Å². The van der Waals surface area contributed by atoms with Crippen LogP contribution in [0.3, 0.4) is 0 Å². The fraction of sp³-hybridized carbons (Fsp3) is 0.632. The van der Waals surface area contributed by atoms with Crippen molar-refractivity contribution in [3.05, 3.63) is 30.1 Å². The van der Waals surface area contributed by atoms with Gasteiger partial charge in [-0.2, -0.15) is 0 Å². The molecule has 1 saturated carbocycles. The zero-order chi connectivity index (χ0) is 17.4. The van der Waals surface area contributed by atoms with E-state index < -0.39 is 11.5 Å². The predicted octanol–water partition coefficient (Wildman–Crippen LogP) is 3.33. The normalized spacial score (nSPS) is 22.3. The first-order chi connectivity index (χ1) is 10.5. The number of nitrogens with zero attached hydrogens (tertiary/aromatic N) is 1. The number of Topliss-reactive ketones (excluding diaryl/α,β-unsaturated/α-hetero) is 1. The van der Waals surface area contributed by atoms with Crippen LogP contribution < -0.4 is 5.32 Å². The highest BCUT2D eigenvalue weighted by molar-refractivity contribution is 5.94. The summed E-state index contributed by atoms with van der Waals surface area (Å²) < 4.78 is 0. The summed E-state index contributed by atoms with van der Waals surface area (Å²) in [6.45, 7) is 11.7. The van der Waals surface area contributed by atoms with Crippen LogP contribution >= 0.6 is 0 Å². The van der Waals surface area contributed by atoms with E-state index in [-0.39, 0.29) is 28.9 Å². The van der Waals surface area contributed by atoms with Crippen molar-refractivity contribution in [2.24, 2.45) is 16.7 Å². The largest absolute Gasteiger partial charge is 0.345 e. The summed E-state index contributed by atoms with van der Waals surface area (Å²) >= 11 is 0. The number of carbonyl (C=O) groups is 2. The van der Waals surface area contributed by atoms with E-state index >= 15 is 0 Å². The van der Waals surface area contributed by atoms with Gasteiger partial charge in [-0.05, 0) is 29.4 Å². The molecule has 0 spiro atoms. The van der Waals surface area contributed by atoms with E-state index in [1.54, 1.807) is 6.20 Å². The molecule has 1 fully saturated rings. The van der Waals surface area contributed by atoms with E-state index in [4.69, 9.17) is 0 Å². The number of carbonyl (C=O) groups excluding carboxylic acids is 2. The van der Waals surface area contributed by atoms with Crippen molar-refractivity contribution in [1.29, 1.82) is 0 Å². The Balaban J connectivity index is 2.07. The second-order valence-corrected chi connectivity index (χ2v) is 8.66. The van der Waals surface area contributed by atoms with Gasteiger partial charge < -0.3 is 5.32 Å². The topological polar surface area (TPSA) is 59.1 Å². The lowest BCUT2D eigenvalue weighted by Gasteiger charge is -2.34. The molecule has 23 heavy (non-hydrogen) atoms. The van der Waals surface area contributed by atoms with Gasteiger partial charge in [-0.25, -0.2) is 0 Å². The minimum Gasteiger partial charge on any atom is -0.345 e. The van der Waals surface area contributed by atoms with Gasteiger partial charge in [0.1, 0.15) is 0 Å². The maximum Gasteiger partial charge on any atom is 0.224 e. The average Bonchev–Trinajstić information content (AvgIpc) is 3.23. The van der Waals surface area contributed by atoms with Crippen molar-refractivity contribution in [3.63, 3.8) is 0 Å². The number of rotatable bonds is 4. The quantitative estimate of drug-likeness (QED) is 0.927. The van der Waals surface area contributed by atoms with Crippen LogP contribution in [0.25, 0.3) is 0 Å². The number of ketones is 1. The Bertz CT molecular complexity index is 582. The Hall–Kier alpha value is -1.71. The van der Waals surface area contributed by atoms with E-state index in [0.29, 0.717) is 0 Å². The van der Waals surface area contributed by atoms with Crippen molar-refractivity contribution in [1.82, 2.24) is 10.3 Å². The summed E-state index contributed by atoms with van der Waals surface area (Å²) in [4.78, 5) is 29.4. The SMILES string of the molecule is CC(C)(C)C(=O)[C@@H](NC(=O)[C@@H]1CC1c1cccnc1)C(C)(C)C. The first-order valence-corrected chi connectivity index (χ1v) is 8.26. The van der Waals surface area contributed by atoms with Gasteiger partial charge in [0, 0.05) is 23.7 Å². The molecule has 1 amide bonds. The van der Waals surface area contributed by atoms with E-state index in [1.165, 1.54) is 0 Å². The van der Waals surface area contributed by atoms with Crippen LogP contribution in [0, 0.1) is 16.7 Å². The molecule has 0 saturated heterocycles. The molecule has 0 radical (unpaired) electrons. The molecule has 2 rings (SSSR count). The lowest BCUT2D eigenvalue weighted by molar-refractivity contribution is -0.135. The van der Waals surface area contributed by atoms with Gasteiger partial charge in [-0.15, -0.1) is 0 Å². The zero-order valence-electron chi connectivity index (χ0n) is 15.0. The Kier molecular flexibility index (Phi) is 4.65. The Morgan fingerprint density at radius 2 is 1.87 bits per heavy atom. The van der Waals surface area contributed by atoms with Crippen molar-refractivity contribution in [3.8, 4) is 0 Å². The summed E-state index contributed by atoms with van der Waals surface area (Å²) in [5.41, 5.74) is 0.318. The number of nitrogens with one attached hydrogen (secondary N) is 1. The molecule has 1 N–H and O–H groups in total. The Morgan fingerprint density at radius 1 is 1.22 bits per heavy atom. The standard InChI is InChI=1S/C19H28N2O2/c1-18(2,3)15(16(22)19(4,5)6)21-17(23)14-10-13(14)12-8-7-9-20-11-12/h7-9,11,13-15H,10H2,1-6H3,(H,21,23)/t13?,14-,15-/m1/s1. The second kappa shape index (κ2) is 6.06. The zero-order valence-corrected chi connectivity index (χ0v) is 15.0. The molecule has 0 aromatic carbocycles. The predicted molar refractivity (Wildman–Crippen MR) is 90.9 cm³/mol. The number of amides is 1. The smallest absolute Gasteiger partial charge is 0.224 e. The maximum absolute atomic E-state index is 12.7. The molecule has 1 aliphatic carbocycles. The van der Waals surface area contributed by atoms with Crippen LogP contribution in [0.2, 0.25) is 0 Å². The number of hydrogen-bond donors (Lipinski definition) is 1. The highest BCUT2D eigenvalue weighted by Crippen LogP contribution is 2.47. The van der Waals surface area contributed by atoms with Crippen LogP contribution in [0.1, 0.15) is 59.4 Å². The molecule has 1 aromatic rings. The van der Waals surface area contributed by atoms with Crippen LogP contribution in [0.15, 0.2) is 24.5 Å². The lowest BCUT2D eigenvalue weighted by atomic mass is 9.75. The van der Waals surface area contributed by atoms with Crippen LogP contribution in [-0.2, 0) is 9.59 Å². The van der Waals surface area contributed by atoms with E-state index in [1.807, 2.05) is 59.9 Å². The molecule has 1 aromatic heterocycles. The Morgan fingerprint density at radius 3 is 2.35 bits per heavy atom. The van der Waals surface area contributed by atoms with Crippen LogP contribution in [0.4, 0.5) is 0 Å². The van der Waals surface area contributed by atoms with Crippen molar-refractivity contribution in [2.45, 2.75) is 59.9 Å². The van der Waals surface area contributed by atoms with Gasteiger partial charge in [0.25, 0.3) is 0 Å². The monoisotopic (exact) mass is 316 g/mol. The average molecular weight is 316 g/mol.